The molecule has 144 valence electrons. The first-order valence-corrected chi connectivity index (χ1v) is 10.9. The van der Waals surface area contributed by atoms with Crippen LogP contribution < -0.4 is 10.0 Å². The van der Waals surface area contributed by atoms with Crippen molar-refractivity contribution in [3.63, 3.8) is 0 Å². The Bertz CT molecular complexity index is 959. The van der Waals surface area contributed by atoms with Crippen LogP contribution in [0.5, 0.6) is 0 Å². The number of hydrogen-bond acceptors (Lipinski definition) is 3. The lowest BCUT2D eigenvalue weighted by Gasteiger charge is -2.16. The first-order chi connectivity index (χ1) is 12.8. The van der Waals surface area contributed by atoms with Crippen LogP contribution in [0.2, 0.25) is 10.0 Å². The van der Waals surface area contributed by atoms with Gasteiger partial charge in [-0.2, -0.15) is 0 Å². The Hall–Kier alpha value is -1.60. The third-order valence-electron chi connectivity index (χ3n) is 4.44. The standard InChI is InChI=1S/C19H20Cl2N2O3S/c1-12(17-8-7-15(20)10-18(17)21)23-19(24)14-3-2-4-16(9-14)27(25,26)22-11-13-5-6-13/h2-4,7-10,12-13,22H,5-6,11H2,1H3,(H,23,24). The lowest BCUT2D eigenvalue weighted by molar-refractivity contribution is 0.0939. The van der Waals surface area contributed by atoms with Gasteiger partial charge < -0.3 is 5.32 Å². The smallest absolute Gasteiger partial charge is 0.251 e. The van der Waals surface area contributed by atoms with E-state index in [9.17, 15) is 13.2 Å². The van der Waals surface area contributed by atoms with E-state index >= 15 is 0 Å². The van der Waals surface area contributed by atoms with Crippen molar-refractivity contribution in [2.75, 3.05) is 6.54 Å². The summed E-state index contributed by atoms with van der Waals surface area (Å²) in [5.41, 5.74) is 0.991. The van der Waals surface area contributed by atoms with Gasteiger partial charge in [-0.15, -0.1) is 0 Å². The fourth-order valence-corrected chi connectivity index (χ4v) is 4.38. The molecule has 5 nitrogen and oxygen atoms in total. The Morgan fingerprint density at radius 1 is 1.19 bits per heavy atom. The fraction of sp³-hybridized carbons (Fsp3) is 0.316. The molecule has 1 unspecified atom stereocenters. The van der Waals surface area contributed by atoms with E-state index in [2.05, 4.69) is 10.0 Å². The van der Waals surface area contributed by atoms with E-state index in [-0.39, 0.29) is 22.4 Å². The molecule has 1 fully saturated rings. The van der Waals surface area contributed by atoms with Gasteiger partial charge in [0.05, 0.1) is 10.9 Å². The van der Waals surface area contributed by atoms with Crippen LogP contribution in [0.3, 0.4) is 0 Å². The molecule has 1 amide bonds. The van der Waals surface area contributed by atoms with E-state index < -0.39 is 10.0 Å². The predicted molar refractivity (Wildman–Crippen MR) is 107 cm³/mol. The van der Waals surface area contributed by atoms with E-state index in [1.807, 2.05) is 0 Å². The molecule has 1 aliphatic rings. The zero-order valence-corrected chi connectivity index (χ0v) is 17.0. The van der Waals surface area contributed by atoms with Gasteiger partial charge in [0, 0.05) is 22.2 Å². The van der Waals surface area contributed by atoms with Gasteiger partial charge in [0.15, 0.2) is 0 Å². The summed E-state index contributed by atoms with van der Waals surface area (Å²) < 4.78 is 27.4. The molecule has 0 saturated heterocycles. The number of hydrogen-bond donors (Lipinski definition) is 2. The maximum absolute atomic E-state index is 12.6. The van der Waals surface area contributed by atoms with E-state index in [0.717, 1.165) is 18.4 Å². The largest absolute Gasteiger partial charge is 0.345 e. The van der Waals surface area contributed by atoms with Crippen LogP contribution in [-0.2, 0) is 10.0 Å². The quantitative estimate of drug-likeness (QED) is 0.697. The Balaban J connectivity index is 1.72. The van der Waals surface area contributed by atoms with Gasteiger partial charge in [-0.25, -0.2) is 13.1 Å². The van der Waals surface area contributed by atoms with Crippen molar-refractivity contribution in [1.82, 2.24) is 10.0 Å². The molecule has 1 atom stereocenters. The van der Waals surface area contributed by atoms with Crippen molar-refractivity contribution in [3.8, 4) is 0 Å². The molecule has 0 aliphatic heterocycles. The van der Waals surface area contributed by atoms with Crippen LogP contribution in [0.25, 0.3) is 0 Å². The second-order valence-corrected chi connectivity index (χ2v) is 9.29. The lowest BCUT2D eigenvalue weighted by atomic mass is 10.1. The zero-order valence-electron chi connectivity index (χ0n) is 14.7. The summed E-state index contributed by atoms with van der Waals surface area (Å²) in [6.45, 7) is 2.23. The van der Waals surface area contributed by atoms with Crippen LogP contribution >= 0.6 is 23.2 Å². The number of nitrogens with one attached hydrogen (secondary N) is 2. The molecule has 1 saturated carbocycles. The van der Waals surface area contributed by atoms with E-state index in [4.69, 9.17) is 23.2 Å². The van der Waals surface area contributed by atoms with E-state index in [1.54, 1.807) is 37.3 Å². The number of halogens is 2. The maximum Gasteiger partial charge on any atom is 0.251 e. The molecule has 1 aliphatic carbocycles. The third kappa shape index (κ3) is 5.23. The Kier molecular flexibility index (Phi) is 6.11. The van der Waals surface area contributed by atoms with Gasteiger partial charge in [-0.05, 0) is 61.6 Å². The summed E-state index contributed by atoms with van der Waals surface area (Å²) >= 11 is 12.1. The normalized spacial score (nSPS) is 15.4. The molecule has 0 heterocycles. The van der Waals surface area contributed by atoms with Crippen molar-refractivity contribution in [3.05, 3.63) is 63.6 Å². The highest BCUT2D eigenvalue weighted by molar-refractivity contribution is 7.89. The van der Waals surface area contributed by atoms with Gasteiger partial charge in [-0.1, -0.05) is 35.3 Å². The Morgan fingerprint density at radius 2 is 1.93 bits per heavy atom. The molecule has 2 aromatic rings. The minimum Gasteiger partial charge on any atom is -0.345 e. The van der Waals surface area contributed by atoms with Crippen molar-refractivity contribution in [1.29, 1.82) is 0 Å². The summed E-state index contributed by atoms with van der Waals surface area (Å²) in [5.74, 6) is 0.0454. The molecule has 2 N–H and O–H groups in total. The molecule has 3 rings (SSSR count). The van der Waals surface area contributed by atoms with Crippen LogP contribution in [0.15, 0.2) is 47.4 Å². The molecular weight excluding hydrogens is 407 g/mol. The summed E-state index contributed by atoms with van der Waals surface area (Å²) in [6, 6.07) is 10.7. The van der Waals surface area contributed by atoms with Crippen molar-refractivity contribution in [2.45, 2.75) is 30.7 Å². The van der Waals surface area contributed by atoms with Gasteiger partial charge in [-0.3, -0.25) is 4.79 Å². The minimum atomic E-state index is -3.63. The molecule has 0 spiro atoms. The number of sulfonamides is 1. The number of rotatable bonds is 7. The fourth-order valence-electron chi connectivity index (χ4n) is 2.65. The van der Waals surface area contributed by atoms with Gasteiger partial charge >= 0.3 is 0 Å². The number of benzene rings is 2. The van der Waals surface area contributed by atoms with Crippen LogP contribution in [-0.4, -0.2) is 20.9 Å². The molecule has 0 bridgehead atoms. The lowest BCUT2D eigenvalue weighted by Crippen LogP contribution is -2.28. The predicted octanol–water partition coefficient (Wildman–Crippen LogP) is 4.17. The summed E-state index contributed by atoms with van der Waals surface area (Å²) in [5, 5.41) is 3.80. The monoisotopic (exact) mass is 426 g/mol. The van der Waals surface area contributed by atoms with E-state index in [0.29, 0.717) is 22.5 Å². The van der Waals surface area contributed by atoms with Crippen molar-refractivity contribution < 1.29 is 13.2 Å². The zero-order chi connectivity index (χ0) is 19.6. The first-order valence-electron chi connectivity index (χ1n) is 8.62. The van der Waals surface area contributed by atoms with Crippen molar-refractivity contribution in [2.24, 2.45) is 5.92 Å². The van der Waals surface area contributed by atoms with E-state index in [1.165, 1.54) is 12.1 Å². The van der Waals surface area contributed by atoms with Crippen LogP contribution in [0.1, 0.15) is 41.7 Å². The van der Waals surface area contributed by atoms with Gasteiger partial charge in [0.1, 0.15) is 0 Å². The highest BCUT2D eigenvalue weighted by atomic mass is 35.5. The Labute approximate surface area is 169 Å². The molecule has 8 heteroatoms. The number of amides is 1. The number of carbonyl (C=O) groups is 1. The van der Waals surface area contributed by atoms with Gasteiger partial charge in [0.2, 0.25) is 10.0 Å². The average molecular weight is 427 g/mol. The maximum atomic E-state index is 12.6. The topological polar surface area (TPSA) is 75.3 Å². The molecular formula is C19H20Cl2N2O3S. The summed E-state index contributed by atoms with van der Waals surface area (Å²) in [7, 11) is -3.63. The highest BCUT2D eigenvalue weighted by Gasteiger charge is 2.24. The second-order valence-electron chi connectivity index (χ2n) is 6.68. The van der Waals surface area contributed by atoms with Gasteiger partial charge in [0.25, 0.3) is 5.91 Å². The molecule has 2 aromatic carbocycles. The SMILES string of the molecule is CC(NC(=O)c1cccc(S(=O)(=O)NCC2CC2)c1)c1ccc(Cl)cc1Cl. The van der Waals surface area contributed by atoms with Crippen LogP contribution in [0, 0.1) is 5.92 Å². The minimum absolute atomic E-state index is 0.0768. The molecule has 0 aromatic heterocycles. The second kappa shape index (κ2) is 8.19. The molecule has 27 heavy (non-hydrogen) atoms. The van der Waals surface area contributed by atoms with Crippen LogP contribution in [0.4, 0.5) is 0 Å². The number of carbonyl (C=O) groups excluding carboxylic acids is 1. The average Bonchev–Trinajstić information content (AvgIpc) is 3.44. The summed E-state index contributed by atoms with van der Waals surface area (Å²) in [6.07, 6.45) is 2.10. The molecule has 0 radical (unpaired) electrons. The first kappa shape index (κ1) is 20.1. The third-order valence-corrected chi connectivity index (χ3v) is 6.43. The Morgan fingerprint density at radius 3 is 2.59 bits per heavy atom. The highest BCUT2D eigenvalue weighted by Crippen LogP contribution is 2.28. The van der Waals surface area contributed by atoms with Crippen molar-refractivity contribution >= 4 is 39.1 Å². The summed E-state index contributed by atoms with van der Waals surface area (Å²) in [4.78, 5) is 12.6.